The summed E-state index contributed by atoms with van der Waals surface area (Å²) in [5.41, 5.74) is 3.85. The molecule has 33 heavy (non-hydrogen) atoms. The second kappa shape index (κ2) is 9.27. The van der Waals surface area contributed by atoms with Gasteiger partial charge < -0.3 is 4.98 Å². The van der Waals surface area contributed by atoms with E-state index in [4.69, 9.17) is 0 Å². The summed E-state index contributed by atoms with van der Waals surface area (Å²) in [6.45, 7) is 6.81. The first-order valence-corrected chi connectivity index (χ1v) is 11.8. The zero-order valence-electron chi connectivity index (χ0n) is 19.2. The van der Waals surface area contributed by atoms with Gasteiger partial charge in [0.25, 0.3) is 5.56 Å². The topological polar surface area (TPSA) is 79.7 Å². The lowest BCUT2D eigenvalue weighted by Gasteiger charge is -2.36. The minimum Gasteiger partial charge on any atom is -0.322 e. The number of aryl methyl sites for hydroxylation is 1. The summed E-state index contributed by atoms with van der Waals surface area (Å²) in [5.74, 6) is 1.27. The van der Waals surface area contributed by atoms with Gasteiger partial charge in [0.05, 0.1) is 6.54 Å². The molecule has 1 saturated heterocycles. The fourth-order valence-electron chi connectivity index (χ4n) is 4.93. The number of hydrogen-bond donors (Lipinski definition) is 1. The molecule has 0 saturated carbocycles. The van der Waals surface area contributed by atoms with Gasteiger partial charge in [-0.25, -0.2) is 4.68 Å². The standard InChI is InChI=1S/C26H30N6O/c1-3-19-11-12-23-21(14-19)15-22(26(33)27-23)24(31-13-7-8-18(2)16-31)25-28-29-30-32(25)17-20-9-5-4-6-10-20/h4-6,9-12,14-15,18,24H,3,7-8,13,16-17H2,1-2H3,(H,27,33). The van der Waals surface area contributed by atoms with Crippen LogP contribution in [0.25, 0.3) is 10.9 Å². The predicted octanol–water partition coefficient (Wildman–Crippen LogP) is 3.95. The Balaban J connectivity index is 1.63. The molecule has 2 unspecified atom stereocenters. The highest BCUT2D eigenvalue weighted by atomic mass is 16.1. The number of pyridine rings is 1. The number of nitrogens with one attached hydrogen (secondary N) is 1. The van der Waals surface area contributed by atoms with Crippen LogP contribution in [0.5, 0.6) is 0 Å². The van der Waals surface area contributed by atoms with Crippen LogP contribution >= 0.6 is 0 Å². The van der Waals surface area contributed by atoms with Gasteiger partial charge >= 0.3 is 0 Å². The highest BCUT2D eigenvalue weighted by Crippen LogP contribution is 2.31. The van der Waals surface area contributed by atoms with Gasteiger partial charge in [-0.15, -0.1) is 5.10 Å². The molecule has 0 spiro atoms. The zero-order valence-corrected chi connectivity index (χ0v) is 19.2. The number of rotatable bonds is 6. The average Bonchev–Trinajstić information content (AvgIpc) is 3.27. The molecule has 1 aliphatic rings. The van der Waals surface area contributed by atoms with E-state index in [-0.39, 0.29) is 11.6 Å². The molecule has 4 aromatic rings. The SMILES string of the molecule is CCc1ccc2[nH]c(=O)c(C(c3nnnn3Cc3ccccc3)N3CCCC(C)C3)cc2c1. The first-order chi connectivity index (χ1) is 16.1. The molecule has 0 aliphatic carbocycles. The van der Waals surface area contributed by atoms with Crippen LogP contribution in [0.3, 0.4) is 0 Å². The third-order valence-corrected chi connectivity index (χ3v) is 6.67. The highest BCUT2D eigenvalue weighted by molar-refractivity contribution is 5.80. The van der Waals surface area contributed by atoms with E-state index in [1.807, 2.05) is 35.0 Å². The highest BCUT2D eigenvalue weighted by Gasteiger charge is 2.32. The molecule has 0 amide bonds. The van der Waals surface area contributed by atoms with E-state index in [9.17, 15) is 4.79 Å². The van der Waals surface area contributed by atoms with Crippen LogP contribution in [0.1, 0.15) is 55.2 Å². The molecule has 2 aromatic carbocycles. The summed E-state index contributed by atoms with van der Waals surface area (Å²) >= 11 is 0. The Morgan fingerprint density at radius 1 is 1.12 bits per heavy atom. The van der Waals surface area contributed by atoms with Crippen LogP contribution in [-0.4, -0.2) is 43.2 Å². The van der Waals surface area contributed by atoms with Gasteiger partial charge in [0.1, 0.15) is 6.04 Å². The molecule has 7 nitrogen and oxygen atoms in total. The van der Waals surface area contributed by atoms with Gasteiger partial charge in [-0.05, 0) is 76.9 Å². The molecule has 1 N–H and O–H groups in total. The van der Waals surface area contributed by atoms with E-state index in [0.29, 0.717) is 23.9 Å². The fraction of sp³-hybridized carbons (Fsp3) is 0.385. The minimum absolute atomic E-state index is 0.0794. The quantitative estimate of drug-likeness (QED) is 0.489. The molecule has 5 rings (SSSR count). The maximum absolute atomic E-state index is 13.4. The van der Waals surface area contributed by atoms with Gasteiger partial charge in [0.2, 0.25) is 0 Å². The lowest BCUT2D eigenvalue weighted by atomic mass is 9.95. The Bertz CT molecular complexity index is 1300. The van der Waals surface area contributed by atoms with Crippen molar-refractivity contribution in [1.82, 2.24) is 30.1 Å². The Kier molecular flexibility index (Phi) is 6.05. The van der Waals surface area contributed by atoms with Gasteiger partial charge in [-0.3, -0.25) is 9.69 Å². The number of tetrazole rings is 1. The van der Waals surface area contributed by atoms with Crippen molar-refractivity contribution >= 4 is 10.9 Å². The van der Waals surface area contributed by atoms with Gasteiger partial charge in [-0.1, -0.05) is 50.2 Å². The molecule has 1 aliphatic heterocycles. The maximum atomic E-state index is 13.4. The summed E-state index contributed by atoms with van der Waals surface area (Å²) in [7, 11) is 0. The summed E-state index contributed by atoms with van der Waals surface area (Å²) in [4.78, 5) is 18.8. The molecule has 2 atom stereocenters. The van der Waals surface area contributed by atoms with Crippen molar-refractivity contribution in [3.63, 3.8) is 0 Å². The average molecular weight is 443 g/mol. The van der Waals surface area contributed by atoms with Crippen LogP contribution in [0, 0.1) is 5.92 Å². The molecule has 2 aromatic heterocycles. The number of hydrogen-bond acceptors (Lipinski definition) is 5. The van der Waals surface area contributed by atoms with Crippen molar-refractivity contribution < 1.29 is 0 Å². The number of fused-ring (bicyclic) bond motifs is 1. The van der Waals surface area contributed by atoms with Gasteiger partial charge in [-0.2, -0.15) is 0 Å². The van der Waals surface area contributed by atoms with E-state index in [1.165, 1.54) is 12.0 Å². The smallest absolute Gasteiger partial charge is 0.253 e. The minimum atomic E-state index is -0.301. The zero-order chi connectivity index (χ0) is 22.8. The Hall–Kier alpha value is -3.32. The largest absolute Gasteiger partial charge is 0.322 e. The van der Waals surface area contributed by atoms with Crippen molar-refractivity contribution in [3.8, 4) is 0 Å². The van der Waals surface area contributed by atoms with E-state index in [0.717, 1.165) is 42.4 Å². The number of aromatic nitrogens is 5. The Morgan fingerprint density at radius 2 is 1.97 bits per heavy atom. The molecule has 7 heteroatoms. The summed E-state index contributed by atoms with van der Waals surface area (Å²) in [5, 5.41) is 13.8. The second-order valence-corrected chi connectivity index (χ2v) is 9.15. The lowest BCUT2D eigenvalue weighted by molar-refractivity contribution is 0.141. The predicted molar refractivity (Wildman–Crippen MR) is 129 cm³/mol. The van der Waals surface area contributed by atoms with Crippen molar-refractivity contribution in [2.24, 2.45) is 5.92 Å². The third-order valence-electron chi connectivity index (χ3n) is 6.67. The van der Waals surface area contributed by atoms with E-state index >= 15 is 0 Å². The van der Waals surface area contributed by atoms with Crippen molar-refractivity contribution in [2.75, 3.05) is 13.1 Å². The van der Waals surface area contributed by atoms with Crippen LogP contribution in [-0.2, 0) is 13.0 Å². The number of benzene rings is 2. The van der Waals surface area contributed by atoms with Gasteiger partial charge in [0.15, 0.2) is 5.82 Å². The van der Waals surface area contributed by atoms with Gasteiger partial charge in [0, 0.05) is 17.6 Å². The second-order valence-electron chi connectivity index (χ2n) is 9.15. The van der Waals surface area contributed by atoms with Crippen molar-refractivity contribution in [1.29, 1.82) is 0 Å². The molecule has 170 valence electrons. The third kappa shape index (κ3) is 4.46. The Morgan fingerprint density at radius 3 is 2.76 bits per heavy atom. The van der Waals surface area contributed by atoms with E-state index < -0.39 is 0 Å². The summed E-state index contributed by atoms with van der Waals surface area (Å²) in [6.07, 6.45) is 3.25. The maximum Gasteiger partial charge on any atom is 0.253 e. The number of aromatic amines is 1. The van der Waals surface area contributed by atoms with Crippen molar-refractivity contribution in [3.05, 3.63) is 87.5 Å². The van der Waals surface area contributed by atoms with E-state index in [1.54, 1.807) is 0 Å². The number of H-pyrrole nitrogens is 1. The monoisotopic (exact) mass is 442 g/mol. The number of nitrogens with zero attached hydrogens (tertiary/aromatic N) is 5. The van der Waals surface area contributed by atoms with Crippen LogP contribution in [0.2, 0.25) is 0 Å². The molecular weight excluding hydrogens is 412 g/mol. The van der Waals surface area contributed by atoms with Crippen LogP contribution in [0.15, 0.2) is 59.4 Å². The molecule has 1 fully saturated rings. The molecule has 0 bridgehead atoms. The first-order valence-electron chi connectivity index (χ1n) is 11.8. The fourth-order valence-corrected chi connectivity index (χ4v) is 4.93. The first kappa shape index (κ1) is 21.5. The van der Waals surface area contributed by atoms with Crippen LogP contribution < -0.4 is 5.56 Å². The molecular formula is C26H30N6O. The van der Waals surface area contributed by atoms with Crippen molar-refractivity contribution in [2.45, 2.75) is 45.7 Å². The molecule has 0 radical (unpaired) electrons. The van der Waals surface area contributed by atoms with Crippen LogP contribution in [0.4, 0.5) is 0 Å². The Labute approximate surface area is 193 Å². The normalized spacial score (nSPS) is 17.9. The lowest BCUT2D eigenvalue weighted by Crippen LogP contribution is -2.41. The summed E-state index contributed by atoms with van der Waals surface area (Å²) < 4.78 is 1.84. The number of piperidine rings is 1. The number of likely N-dealkylation sites (tertiary alicyclic amines) is 1. The molecule has 3 heterocycles. The van der Waals surface area contributed by atoms with E-state index in [2.05, 4.69) is 63.5 Å². The summed E-state index contributed by atoms with van der Waals surface area (Å²) in [6, 6.07) is 18.1.